The van der Waals surface area contributed by atoms with Crippen molar-refractivity contribution in [1.29, 1.82) is 0 Å². The molecule has 96 valence electrons. The van der Waals surface area contributed by atoms with Crippen LogP contribution in [0, 0.1) is 13.8 Å². The summed E-state index contributed by atoms with van der Waals surface area (Å²) in [5.41, 5.74) is 0.824. The van der Waals surface area contributed by atoms with E-state index in [-0.39, 0.29) is 11.8 Å². The minimum absolute atomic E-state index is 0.00559. The second-order valence-electron chi connectivity index (χ2n) is 3.81. The van der Waals surface area contributed by atoms with Crippen LogP contribution in [-0.4, -0.2) is 35.7 Å². The highest BCUT2D eigenvalue weighted by Gasteiger charge is 2.16. The average Bonchev–Trinajstić information content (AvgIpc) is 2.96. The van der Waals surface area contributed by atoms with E-state index >= 15 is 0 Å². The number of anilines is 1. The third kappa shape index (κ3) is 2.01. The summed E-state index contributed by atoms with van der Waals surface area (Å²) in [4.78, 5) is 19.9. The summed E-state index contributed by atoms with van der Waals surface area (Å²) in [6.45, 7) is 3.46. The summed E-state index contributed by atoms with van der Waals surface area (Å²) in [6.07, 6.45) is 1.60. The number of rotatable bonds is 2. The Balaban J connectivity index is 1.91. The maximum absolute atomic E-state index is 11.9. The summed E-state index contributed by atoms with van der Waals surface area (Å²) in [5, 5.41) is 13.7. The van der Waals surface area contributed by atoms with Crippen molar-refractivity contribution >= 4 is 17.7 Å². The highest BCUT2D eigenvalue weighted by molar-refractivity contribution is 6.00. The molecule has 0 radical (unpaired) electrons. The van der Waals surface area contributed by atoms with Crippen LogP contribution in [0.1, 0.15) is 22.2 Å². The zero-order valence-electron chi connectivity index (χ0n) is 10.2. The molecule has 3 heterocycles. The third-order valence-electron chi connectivity index (χ3n) is 2.38. The lowest BCUT2D eigenvalue weighted by Crippen LogP contribution is -2.14. The number of aromatic nitrogens is 6. The first-order valence-corrected chi connectivity index (χ1v) is 5.43. The van der Waals surface area contributed by atoms with Crippen molar-refractivity contribution in [2.75, 3.05) is 5.32 Å². The number of nitrogens with zero attached hydrogens (tertiary/aromatic N) is 6. The van der Waals surface area contributed by atoms with Crippen molar-refractivity contribution in [3.63, 3.8) is 0 Å². The lowest BCUT2D eigenvalue weighted by molar-refractivity contribution is 0.101. The van der Waals surface area contributed by atoms with Crippen molar-refractivity contribution in [1.82, 2.24) is 29.8 Å². The van der Waals surface area contributed by atoms with Gasteiger partial charge >= 0.3 is 6.01 Å². The molecule has 0 atom stereocenters. The lowest BCUT2D eigenvalue weighted by Gasteiger charge is -1.94. The van der Waals surface area contributed by atoms with Gasteiger partial charge in [0.2, 0.25) is 11.7 Å². The van der Waals surface area contributed by atoms with E-state index in [1.807, 2.05) is 6.92 Å². The molecule has 3 aromatic heterocycles. The van der Waals surface area contributed by atoms with Gasteiger partial charge in [0, 0.05) is 18.8 Å². The molecule has 0 aliphatic heterocycles. The molecule has 0 saturated heterocycles. The van der Waals surface area contributed by atoms with Gasteiger partial charge in [-0.2, -0.15) is 4.98 Å². The largest absolute Gasteiger partial charge is 0.408 e. The van der Waals surface area contributed by atoms with Gasteiger partial charge in [-0.1, -0.05) is 5.10 Å². The molecule has 0 spiro atoms. The first kappa shape index (κ1) is 11.3. The van der Waals surface area contributed by atoms with Crippen LogP contribution in [0.15, 0.2) is 16.7 Å². The van der Waals surface area contributed by atoms with Gasteiger partial charge in [-0.25, -0.2) is 9.50 Å². The van der Waals surface area contributed by atoms with Crippen LogP contribution in [-0.2, 0) is 0 Å². The Kier molecular flexibility index (Phi) is 2.44. The van der Waals surface area contributed by atoms with E-state index in [1.54, 1.807) is 19.2 Å². The van der Waals surface area contributed by atoms with Crippen LogP contribution >= 0.6 is 0 Å². The molecule has 9 nitrogen and oxygen atoms in total. The maximum Gasteiger partial charge on any atom is 0.322 e. The molecule has 0 bridgehead atoms. The van der Waals surface area contributed by atoms with E-state index in [9.17, 15) is 4.79 Å². The second-order valence-corrected chi connectivity index (χ2v) is 3.81. The molecule has 0 aliphatic rings. The zero-order chi connectivity index (χ0) is 13.4. The van der Waals surface area contributed by atoms with E-state index in [0.29, 0.717) is 11.7 Å². The van der Waals surface area contributed by atoms with Crippen molar-refractivity contribution in [3.05, 3.63) is 29.7 Å². The number of nitrogens with one attached hydrogen (secondary N) is 1. The number of hydrogen-bond donors (Lipinski definition) is 1. The molecule has 3 rings (SSSR count). The van der Waals surface area contributed by atoms with E-state index in [1.165, 1.54) is 4.52 Å². The Morgan fingerprint density at radius 3 is 2.89 bits per heavy atom. The molecule has 0 aromatic carbocycles. The van der Waals surface area contributed by atoms with E-state index in [0.717, 1.165) is 5.69 Å². The van der Waals surface area contributed by atoms with Gasteiger partial charge in [0.25, 0.3) is 11.7 Å². The van der Waals surface area contributed by atoms with Gasteiger partial charge in [0.15, 0.2) is 0 Å². The molecular weight excluding hydrogens is 250 g/mol. The second kappa shape index (κ2) is 4.12. The summed E-state index contributed by atoms with van der Waals surface area (Å²) in [7, 11) is 0. The first-order chi connectivity index (χ1) is 9.13. The van der Waals surface area contributed by atoms with Crippen LogP contribution < -0.4 is 5.32 Å². The van der Waals surface area contributed by atoms with Crippen LogP contribution in [0.25, 0.3) is 5.78 Å². The molecule has 1 N–H and O–H groups in total. The Bertz CT molecular complexity index is 760. The quantitative estimate of drug-likeness (QED) is 0.707. The molecule has 0 aliphatic carbocycles. The number of amides is 1. The number of fused-ring (bicyclic) bond motifs is 1. The Morgan fingerprint density at radius 2 is 2.21 bits per heavy atom. The summed E-state index contributed by atoms with van der Waals surface area (Å²) in [6, 6.07) is 1.77. The minimum atomic E-state index is -0.534. The zero-order valence-corrected chi connectivity index (χ0v) is 10.2. The van der Waals surface area contributed by atoms with Gasteiger partial charge in [0.1, 0.15) is 0 Å². The summed E-state index contributed by atoms with van der Waals surface area (Å²) in [5.74, 6) is 0.161. The van der Waals surface area contributed by atoms with Crippen molar-refractivity contribution in [2.45, 2.75) is 13.8 Å². The van der Waals surface area contributed by atoms with Gasteiger partial charge in [0.05, 0.1) is 0 Å². The number of carbonyl (C=O) groups excluding carboxylic acids is 1. The monoisotopic (exact) mass is 259 g/mol. The SMILES string of the molecule is Cc1nnc(NC(=O)c2nc3nccc(C)n3n2)o1. The maximum atomic E-state index is 11.9. The van der Waals surface area contributed by atoms with Gasteiger partial charge in [-0.15, -0.1) is 10.2 Å². The predicted octanol–water partition coefficient (Wildman–Crippen LogP) is 0.376. The number of hydrogen-bond acceptors (Lipinski definition) is 7. The standard InChI is InChI=1S/C10H9N7O2/c1-5-3-4-11-9-12-7(16-17(5)9)8(18)13-10-15-14-6(2)19-10/h3-4H,1-2H3,(H,13,15,18). The molecule has 0 saturated carbocycles. The fourth-order valence-corrected chi connectivity index (χ4v) is 1.50. The highest BCUT2D eigenvalue weighted by atomic mass is 16.4. The molecule has 0 unspecified atom stereocenters. The van der Waals surface area contributed by atoms with Crippen molar-refractivity contribution in [2.24, 2.45) is 0 Å². The first-order valence-electron chi connectivity index (χ1n) is 5.43. The number of aryl methyl sites for hydroxylation is 2. The predicted molar refractivity (Wildman–Crippen MR) is 62.5 cm³/mol. The van der Waals surface area contributed by atoms with Crippen molar-refractivity contribution in [3.8, 4) is 0 Å². The average molecular weight is 259 g/mol. The normalized spacial score (nSPS) is 10.8. The Hall–Kier alpha value is -2.84. The van der Waals surface area contributed by atoms with E-state index in [2.05, 4.69) is 30.6 Å². The smallest absolute Gasteiger partial charge is 0.322 e. The molecule has 9 heteroatoms. The van der Waals surface area contributed by atoms with Crippen LogP contribution in [0.4, 0.5) is 6.01 Å². The van der Waals surface area contributed by atoms with Crippen LogP contribution in [0.2, 0.25) is 0 Å². The third-order valence-corrected chi connectivity index (χ3v) is 2.38. The van der Waals surface area contributed by atoms with Gasteiger partial charge in [-0.05, 0) is 13.0 Å². The number of carbonyl (C=O) groups is 1. The Morgan fingerprint density at radius 1 is 1.37 bits per heavy atom. The van der Waals surface area contributed by atoms with Crippen LogP contribution in [0.3, 0.4) is 0 Å². The fourth-order valence-electron chi connectivity index (χ4n) is 1.50. The topological polar surface area (TPSA) is 111 Å². The van der Waals surface area contributed by atoms with Crippen molar-refractivity contribution < 1.29 is 9.21 Å². The molecule has 0 fully saturated rings. The fraction of sp³-hybridized carbons (Fsp3) is 0.200. The molecule has 3 aromatic rings. The molecular formula is C10H9N7O2. The van der Waals surface area contributed by atoms with E-state index < -0.39 is 5.91 Å². The summed E-state index contributed by atoms with van der Waals surface area (Å²) < 4.78 is 6.52. The highest BCUT2D eigenvalue weighted by Crippen LogP contribution is 2.07. The molecule has 19 heavy (non-hydrogen) atoms. The minimum Gasteiger partial charge on any atom is -0.408 e. The molecule has 1 amide bonds. The van der Waals surface area contributed by atoms with Gasteiger partial charge < -0.3 is 4.42 Å². The summed E-state index contributed by atoms with van der Waals surface area (Å²) >= 11 is 0. The van der Waals surface area contributed by atoms with Gasteiger partial charge in [-0.3, -0.25) is 10.1 Å². The lowest BCUT2D eigenvalue weighted by atomic mass is 10.5. The Labute approximate surface area is 106 Å². The van der Waals surface area contributed by atoms with Crippen LogP contribution in [0.5, 0.6) is 0 Å². The van der Waals surface area contributed by atoms with E-state index in [4.69, 9.17) is 4.42 Å².